The maximum atomic E-state index is 12.0. The first-order valence-corrected chi connectivity index (χ1v) is 6.41. The molecule has 0 heterocycles. The fraction of sp³-hybridized carbons (Fsp3) is 0.500. The summed E-state index contributed by atoms with van der Waals surface area (Å²) in [5.41, 5.74) is 6.67. The summed E-state index contributed by atoms with van der Waals surface area (Å²) in [5, 5.41) is 3.60. The Balaban J connectivity index is 2.68. The Morgan fingerprint density at radius 2 is 1.78 bits per heavy atom. The highest BCUT2D eigenvalue weighted by Crippen LogP contribution is 2.20. The average Bonchev–Trinajstić information content (AvgIpc) is 2.27. The molecule has 4 heteroatoms. The number of benzene rings is 1. The second kappa shape index (κ2) is 5.72. The molecule has 0 bridgehead atoms. The van der Waals surface area contributed by atoms with E-state index in [1.54, 1.807) is 0 Å². The number of nitrogens with two attached hydrogens (primary N) is 1. The highest BCUT2D eigenvalue weighted by molar-refractivity contribution is 6.30. The molecule has 1 aromatic rings. The van der Waals surface area contributed by atoms with Crippen molar-refractivity contribution in [2.24, 2.45) is 11.1 Å². The van der Waals surface area contributed by atoms with Crippen LogP contribution in [0.25, 0.3) is 0 Å². The van der Waals surface area contributed by atoms with Gasteiger partial charge in [0.1, 0.15) is 0 Å². The second-order valence-corrected chi connectivity index (χ2v) is 6.06. The van der Waals surface area contributed by atoms with E-state index in [-0.39, 0.29) is 17.4 Å². The van der Waals surface area contributed by atoms with Crippen molar-refractivity contribution in [2.45, 2.75) is 39.8 Å². The van der Waals surface area contributed by atoms with E-state index in [0.29, 0.717) is 5.02 Å². The summed E-state index contributed by atoms with van der Waals surface area (Å²) < 4.78 is 0. The summed E-state index contributed by atoms with van der Waals surface area (Å²) >= 11 is 5.83. The molecule has 3 N–H and O–H groups in total. The number of halogens is 1. The van der Waals surface area contributed by atoms with Gasteiger partial charge in [-0.3, -0.25) is 4.79 Å². The number of hydrogen-bond donors (Lipinski definition) is 2. The van der Waals surface area contributed by atoms with Crippen molar-refractivity contribution in [1.29, 1.82) is 0 Å². The molecule has 0 spiro atoms. The molecule has 0 aliphatic rings. The Bertz CT molecular complexity index is 409. The monoisotopic (exact) mass is 268 g/mol. The molecule has 1 amide bonds. The van der Waals surface area contributed by atoms with Crippen molar-refractivity contribution in [1.82, 2.24) is 5.32 Å². The molecule has 3 nitrogen and oxygen atoms in total. The van der Waals surface area contributed by atoms with Crippen LogP contribution in [0.5, 0.6) is 0 Å². The van der Waals surface area contributed by atoms with Crippen LogP contribution in [0, 0.1) is 5.41 Å². The molecule has 0 radical (unpaired) electrons. The average molecular weight is 269 g/mol. The predicted octanol–water partition coefficient (Wildman–Crippen LogP) is 2.89. The number of rotatable bonds is 3. The summed E-state index contributed by atoms with van der Waals surface area (Å²) in [6.07, 6.45) is 0. The molecule has 1 rings (SSSR count). The number of nitrogens with one attached hydrogen (secondary N) is 1. The van der Waals surface area contributed by atoms with Gasteiger partial charge in [0.25, 0.3) is 0 Å². The third kappa shape index (κ3) is 4.00. The van der Waals surface area contributed by atoms with Crippen LogP contribution in [-0.2, 0) is 4.79 Å². The topological polar surface area (TPSA) is 55.1 Å². The molecule has 2 atom stereocenters. The first-order valence-electron chi connectivity index (χ1n) is 6.03. The van der Waals surface area contributed by atoms with Gasteiger partial charge in [-0.1, -0.05) is 44.5 Å². The zero-order valence-corrected chi connectivity index (χ0v) is 12.1. The summed E-state index contributed by atoms with van der Waals surface area (Å²) in [4.78, 5) is 12.0. The van der Waals surface area contributed by atoms with Gasteiger partial charge in [0.15, 0.2) is 0 Å². The van der Waals surface area contributed by atoms with Crippen molar-refractivity contribution in [2.75, 3.05) is 0 Å². The van der Waals surface area contributed by atoms with E-state index in [9.17, 15) is 4.79 Å². The minimum atomic E-state index is -0.521. The Kier molecular flexibility index (Phi) is 4.77. The van der Waals surface area contributed by atoms with Crippen molar-refractivity contribution in [3.05, 3.63) is 34.9 Å². The molecule has 0 aliphatic carbocycles. The lowest BCUT2D eigenvalue weighted by atomic mass is 9.86. The summed E-state index contributed by atoms with van der Waals surface area (Å²) in [5.74, 6) is -0.134. The van der Waals surface area contributed by atoms with Gasteiger partial charge in [-0.05, 0) is 30.0 Å². The molecule has 100 valence electrons. The first-order chi connectivity index (χ1) is 8.21. The molecule has 0 unspecified atom stereocenters. The van der Waals surface area contributed by atoms with Crippen molar-refractivity contribution < 1.29 is 4.79 Å². The molecule has 0 fully saturated rings. The van der Waals surface area contributed by atoms with Crippen LogP contribution >= 0.6 is 11.6 Å². The third-order valence-electron chi connectivity index (χ3n) is 2.94. The van der Waals surface area contributed by atoms with Gasteiger partial charge in [-0.15, -0.1) is 0 Å². The van der Waals surface area contributed by atoms with Gasteiger partial charge in [-0.2, -0.15) is 0 Å². The lowest BCUT2D eigenvalue weighted by Gasteiger charge is -2.27. The largest absolute Gasteiger partial charge is 0.348 e. The zero-order chi connectivity index (χ0) is 13.9. The minimum Gasteiger partial charge on any atom is -0.348 e. The van der Waals surface area contributed by atoms with Crippen LogP contribution in [0.1, 0.15) is 39.3 Å². The quantitative estimate of drug-likeness (QED) is 0.886. The van der Waals surface area contributed by atoms with Crippen LogP contribution in [0.4, 0.5) is 0 Å². The van der Waals surface area contributed by atoms with Gasteiger partial charge in [0.2, 0.25) is 5.91 Å². The first kappa shape index (κ1) is 15.0. The zero-order valence-electron chi connectivity index (χ0n) is 11.3. The van der Waals surface area contributed by atoms with Crippen molar-refractivity contribution >= 4 is 17.5 Å². The Morgan fingerprint density at radius 3 is 2.22 bits per heavy atom. The van der Waals surface area contributed by atoms with Gasteiger partial charge in [0.05, 0.1) is 12.1 Å². The Hall–Kier alpha value is -1.06. The molecular weight excluding hydrogens is 248 g/mol. The maximum absolute atomic E-state index is 12.0. The highest BCUT2D eigenvalue weighted by atomic mass is 35.5. The molecular formula is C14H21ClN2O. The molecule has 0 saturated heterocycles. The van der Waals surface area contributed by atoms with E-state index >= 15 is 0 Å². The summed E-state index contributed by atoms with van der Waals surface area (Å²) in [7, 11) is 0. The van der Waals surface area contributed by atoms with Gasteiger partial charge in [-0.25, -0.2) is 0 Å². The predicted molar refractivity (Wildman–Crippen MR) is 75.4 cm³/mol. The normalized spacial score (nSPS) is 15.0. The Morgan fingerprint density at radius 1 is 1.28 bits per heavy atom. The van der Waals surface area contributed by atoms with E-state index < -0.39 is 6.04 Å². The molecule has 18 heavy (non-hydrogen) atoms. The lowest BCUT2D eigenvalue weighted by molar-refractivity contribution is -0.125. The fourth-order valence-electron chi connectivity index (χ4n) is 1.53. The van der Waals surface area contributed by atoms with Gasteiger partial charge >= 0.3 is 0 Å². The van der Waals surface area contributed by atoms with Crippen molar-refractivity contribution in [3.63, 3.8) is 0 Å². The van der Waals surface area contributed by atoms with Crippen molar-refractivity contribution in [3.8, 4) is 0 Å². The fourth-order valence-corrected chi connectivity index (χ4v) is 1.66. The van der Waals surface area contributed by atoms with Crippen LogP contribution in [0.2, 0.25) is 5.02 Å². The van der Waals surface area contributed by atoms with Crippen LogP contribution < -0.4 is 11.1 Å². The standard InChI is InChI=1S/C14H21ClN2O/c1-9(10-5-7-11(15)8-6-10)17-13(18)12(16)14(2,3)4/h5-9,12H,16H2,1-4H3,(H,17,18)/t9-,12+/m0/s1. The van der Waals surface area contributed by atoms with E-state index in [4.69, 9.17) is 17.3 Å². The minimum absolute atomic E-state index is 0.0804. The number of carbonyl (C=O) groups is 1. The second-order valence-electron chi connectivity index (χ2n) is 5.63. The SMILES string of the molecule is C[C@H](NC(=O)[C@@H](N)C(C)(C)C)c1ccc(Cl)cc1. The number of amides is 1. The number of carbonyl (C=O) groups excluding carboxylic acids is 1. The van der Waals surface area contributed by atoms with Crippen LogP contribution in [0.3, 0.4) is 0 Å². The third-order valence-corrected chi connectivity index (χ3v) is 3.20. The van der Waals surface area contributed by atoms with E-state index in [0.717, 1.165) is 5.56 Å². The van der Waals surface area contributed by atoms with E-state index in [1.165, 1.54) is 0 Å². The molecule has 1 aromatic carbocycles. The molecule has 0 aromatic heterocycles. The summed E-state index contributed by atoms with van der Waals surface area (Å²) in [6, 6.07) is 6.81. The van der Waals surface area contributed by atoms with Gasteiger partial charge < -0.3 is 11.1 Å². The van der Waals surface area contributed by atoms with Crippen LogP contribution in [-0.4, -0.2) is 11.9 Å². The van der Waals surface area contributed by atoms with Crippen LogP contribution in [0.15, 0.2) is 24.3 Å². The lowest BCUT2D eigenvalue weighted by Crippen LogP contribution is -2.49. The smallest absolute Gasteiger partial charge is 0.237 e. The Labute approximate surface area is 114 Å². The maximum Gasteiger partial charge on any atom is 0.237 e. The molecule has 0 saturated carbocycles. The van der Waals surface area contributed by atoms with Gasteiger partial charge in [0, 0.05) is 5.02 Å². The highest BCUT2D eigenvalue weighted by Gasteiger charge is 2.28. The summed E-state index contributed by atoms with van der Waals surface area (Å²) in [6.45, 7) is 7.77. The number of hydrogen-bond acceptors (Lipinski definition) is 2. The van der Waals surface area contributed by atoms with E-state index in [2.05, 4.69) is 5.32 Å². The van der Waals surface area contributed by atoms with E-state index in [1.807, 2.05) is 52.0 Å². The molecule has 0 aliphatic heterocycles.